The smallest absolute Gasteiger partial charge is 0.407 e. The van der Waals surface area contributed by atoms with E-state index in [4.69, 9.17) is 142 Å². The Morgan fingerprint density at radius 1 is 0.407 bits per heavy atom. The lowest BCUT2D eigenvalue weighted by molar-refractivity contribution is -0.145. The second kappa shape index (κ2) is 82.8. The molecule has 0 aliphatic heterocycles. The van der Waals surface area contributed by atoms with Crippen LogP contribution in [0, 0.1) is 5.41 Å². The Balaban J connectivity index is 0.000000899. The zero-order chi connectivity index (χ0) is 106. The molecule has 2 heterocycles. The number of aliphatic hydroxyl groups excluding tert-OH is 9. The van der Waals surface area contributed by atoms with Crippen molar-refractivity contribution in [1.82, 2.24) is 61.2 Å². The predicted octanol–water partition coefficient (Wildman–Crippen LogP) is 5.22. The highest BCUT2D eigenvalue weighted by atomic mass is 127. The van der Waals surface area contributed by atoms with Gasteiger partial charge < -0.3 is 149 Å². The van der Waals surface area contributed by atoms with Gasteiger partial charge in [-0.2, -0.15) is 0 Å². The minimum absolute atomic E-state index is 0. The zero-order valence-corrected chi connectivity index (χ0v) is 86.7. The monoisotopic (exact) mass is 2200 g/mol. The number of thioether (sulfide) groups is 1. The molecule has 0 bridgehead atoms. The highest BCUT2D eigenvalue weighted by molar-refractivity contribution is 14.0. The number of ether oxygens (including phenoxy) is 7. The number of halogens is 3. The Kier molecular flexibility index (Phi) is 74.6. The van der Waals surface area contributed by atoms with Crippen LogP contribution >= 0.6 is 58.9 Å². The molecule has 0 atom stereocenters. The molecule has 0 saturated carbocycles. The number of hydrogen-bond donors (Lipinski definition) is 21. The van der Waals surface area contributed by atoms with Crippen molar-refractivity contribution in [2.75, 3.05) is 200 Å². The maximum Gasteiger partial charge on any atom is 0.407 e. The number of nitrogen functional groups attached to an aromatic ring is 4. The van der Waals surface area contributed by atoms with Crippen molar-refractivity contribution in [3.05, 3.63) is 213 Å². The SMILES string of the molecule is CCO.CCOC(=O)COc1ccc(CCCCNC(=O)OCc2ccccc2)cc1.CSC(=N)NC(=O)c1nc(Cl)c(N)nc1N.I.NC(=NCCCCc1ccc(OCC(=O)N(CCO)CCO)cc1)NC(=O)c1nc(Cl)c(N)nc1N.NCCCCc1ccc(OCC(=O)N(CCO)CCO)cc1.O=C(NCCCCc1ccc(OCC(=O)N(CCO)CCO)cc1)OCc1ccccc1.OCCNCCO. The van der Waals surface area contributed by atoms with Gasteiger partial charge in [0.25, 0.3) is 29.5 Å². The van der Waals surface area contributed by atoms with Crippen molar-refractivity contribution in [3.8, 4) is 23.0 Å². The summed E-state index contributed by atoms with van der Waals surface area (Å²) in [6, 6.07) is 49.3. The van der Waals surface area contributed by atoms with Crippen molar-refractivity contribution in [2.24, 2.45) is 16.5 Å². The van der Waals surface area contributed by atoms with Crippen molar-refractivity contribution < 1.29 is 117 Å². The van der Waals surface area contributed by atoms with Crippen molar-refractivity contribution in [1.29, 1.82) is 5.41 Å². The van der Waals surface area contributed by atoms with E-state index in [0.29, 0.717) is 68.9 Å². The van der Waals surface area contributed by atoms with Gasteiger partial charge in [0.2, 0.25) is 0 Å². The molecule has 8 rings (SSSR count). The van der Waals surface area contributed by atoms with Crippen LogP contribution in [0.1, 0.15) is 120 Å². The van der Waals surface area contributed by atoms with E-state index in [1.165, 1.54) is 25.8 Å². The minimum atomic E-state index is -0.693. The number of nitrogens with one attached hydrogen (secondary N) is 6. The van der Waals surface area contributed by atoms with Gasteiger partial charge in [0.15, 0.2) is 82.5 Å². The third-order valence-electron chi connectivity index (χ3n) is 19.0. The maximum atomic E-state index is 12.2. The number of benzene rings is 6. The number of carbonyl (C=O) groups excluding carboxylic acids is 8. The van der Waals surface area contributed by atoms with Crippen molar-refractivity contribution >= 4 is 141 Å². The summed E-state index contributed by atoms with van der Waals surface area (Å²) < 4.78 is 37.0. The lowest BCUT2D eigenvalue weighted by atomic mass is 10.1. The average Bonchev–Trinajstić information content (AvgIpc) is 0.837. The Morgan fingerprint density at radius 2 is 0.724 bits per heavy atom. The number of aryl methyl sites for hydroxylation is 4. The first kappa shape index (κ1) is 131. The molecule has 7 amide bonds. The number of alkyl carbamates (subject to hydrolysis) is 2. The molecule has 0 aliphatic carbocycles. The molecule has 2 aromatic heterocycles. The fraction of sp³-hybridized carbons (Fsp3) is 0.443. The molecule has 44 nitrogen and oxygen atoms in total. The van der Waals surface area contributed by atoms with Crippen LogP contribution in [-0.4, -0.2) is 317 Å². The quantitative estimate of drug-likeness (QED) is 0.00580. The zero-order valence-electron chi connectivity index (χ0n) is 82.1. The number of unbranched alkanes of at least 4 members (excludes halogenated alkanes) is 4. The number of nitrogens with zero attached hydrogens (tertiary/aromatic N) is 8. The van der Waals surface area contributed by atoms with Gasteiger partial charge in [-0.25, -0.2) is 34.3 Å². The number of aromatic nitrogens is 4. The first-order valence-corrected chi connectivity index (χ1v) is 48.4. The van der Waals surface area contributed by atoms with E-state index < -0.39 is 24.0 Å². The van der Waals surface area contributed by atoms with Crippen LogP contribution in [0.5, 0.6) is 23.0 Å². The van der Waals surface area contributed by atoms with Crippen LogP contribution in [0.3, 0.4) is 0 Å². The molecule has 0 saturated heterocycles. The Hall–Kier alpha value is -12.4. The third kappa shape index (κ3) is 61.5. The molecular weight excluding hydrogens is 2060 g/mol. The summed E-state index contributed by atoms with van der Waals surface area (Å²) >= 11 is 12.4. The summed E-state index contributed by atoms with van der Waals surface area (Å²) in [5, 5.41) is 97.6. The number of nitrogens with two attached hydrogens (primary N) is 6. The van der Waals surface area contributed by atoms with Gasteiger partial charge >= 0.3 is 18.2 Å². The number of rotatable bonds is 54. The second-order valence-corrected chi connectivity index (χ2v) is 31.6. The molecule has 802 valence electrons. The number of esters is 1. The van der Waals surface area contributed by atoms with Crippen molar-refractivity contribution in [3.63, 3.8) is 0 Å². The average molecular weight is 2200 g/mol. The molecule has 0 aliphatic rings. The topological polar surface area (TPSA) is 697 Å². The Labute approximate surface area is 876 Å². The number of amides is 7. The molecular formula is C97H143Cl2IN20O24S. The van der Waals surface area contributed by atoms with E-state index in [1.54, 1.807) is 32.2 Å². The Morgan fingerprint density at radius 3 is 1.03 bits per heavy atom. The minimum Gasteiger partial charge on any atom is -0.484 e. The molecule has 0 spiro atoms. The van der Waals surface area contributed by atoms with Crippen LogP contribution in [0.15, 0.2) is 163 Å². The van der Waals surface area contributed by atoms with E-state index in [1.807, 2.05) is 146 Å². The number of hydrogen-bond acceptors (Lipinski definition) is 37. The summed E-state index contributed by atoms with van der Waals surface area (Å²) in [4.78, 5) is 118. The highest BCUT2D eigenvalue weighted by Gasteiger charge is 2.21. The van der Waals surface area contributed by atoms with Gasteiger partial charge in [-0.1, -0.05) is 144 Å². The molecule has 0 radical (unpaired) electrons. The molecule has 0 unspecified atom stereocenters. The van der Waals surface area contributed by atoms with Crippen molar-refractivity contribution in [2.45, 2.75) is 104 Å². The van der Waals surface area contributed by atoms with E-state index in [2.05, 4.69) is 51.5 Å². The first-order chi connectivity index (χ1) is 69.5. The van der Waals surface area contributed by atoms with Gasteiger partial charge in [0.05, 0.1) is 59.5 Å². The van der Waals surface area contributed by atoms with Crippen LogP contribution in [0.2, 0.25) is 10.3 Å². The summed E-state index contributed by atoms with van der Waals surface area (Å²) in [7, 11) is 0. The number of aliphatic imine (C=N–C) groups is 1. The second-order valence-electron chi connectivity index (χ2n) is 30.1. The molecule has 8 aromatic rings. The van der Waals surface area contributed by atoms with Gasteiger partial charge in [-0.15, -0.1) is 24.0 Å². The normalized spacial score (nSPS) is 10.3. The lowest BCUT2D eigenvalue weighted by Gasteiger charge is -2.20. The third-order valence-corrected chi connectivity index (χ3v) is 20.1. The molecule has 48 heteroatoms. The van der Waals surface area contributed by atoms with Crippen LogP contribution in [0.4, 0.5) is 32.9 Å². The van der Waals surface area contributed by atoms with Gasteiger partial charge in [0, 0.05) is 78.6 Å². The molecule has 0 fully saturated rings. The predicted molar refractivity (Wildman–Crippen MR) is 566 cm³/mol. The first-order valence-electron chi connectivity index (χ1n) is 46.4. The van der Waals surface area contributed by atoms with E-state index in [0.717, 1.165) is 111 Å². The Bertz CT molecular complexity index is 4920. The van der Waals surface area contributed by atoms with E-state index in [-0.39, 0.29) is 242 Å². The molecule has 145 heavy (non-hydrogen) atoms. The van der Waals surface area contributed by atoms with Gasteiger partial charge in [-0.3, -0.25) is 39.7 Å². The van der Waals surface area contributed by atoms with Crippen LogP contribution < -0.4 is 79.9 Å². The highest BCUT2D eigenvalue weighted by Crippen LogP contribution is 2.22. The summed E-state index contributed by atoms with van der Waals surface area (Å²) in [6.45, 7) is 7.76. The molecule has 27 N–H and O–H groups in total. The number of anilines is 4. The van der Waals surface area contributed by atoms with Gasteiger partial charge in [0.1, 0.15) is 36.2 Å². The van der Waals surface area contributed by atoms with E-state index in [9.17, 15) is 38.4 Å². The number of amidine groups is 1. The number of aliphatic hydroxyl groups is 9. The largest absolute Gasteiger partial charge is 0.484 e. The fourth-order valence-corrected chi connectivity index (χ4v) is 12.2. The van der Waals surface area contributed by atoms with Gasteiger partial charge in [-0.05, 0) is 186 Å². The fourth-order valence-electron chi connectivity index (χ4n) is 11.8. The molecule has 6 aromatic carbocycles. The number of guanidine groups is 1. The standard InChI is InChI=1S/C24H32N2O6.C22H31ClN8O5.C22H27NO5.C16H26N2O4.C7H9ClN6OS.C4H11NO2.C2H6O.HI/c27-16-14-26(15-17-28)23(29)19-31-22-11-9-20(10-12-22)6-4-5-13-25-24(30)32-18-21-7-2-1-3-8-21;23-18-20(25)29-19(24)17(28-18)21(35)30-22(26)27-8-2-1-3-14-4-6-15(7-5-14)36-13-16(34)31(9-11-32)10-12-33;1-2-26-21(24)17-27-20-13-11-18(12-14-20)8-6-7-15-23-22(25)28-16-19-9-4-3-5-10-19;17-8-2-1-3-14-4-6-15(7-5-14)22-13-16(21)18(9-11-19)10-12-20;1-16-7(11)14-6(15)2-4(9)13-5(10)3(8)12-2;6-3-1-5-2-4-7;1-2-3;/h1-3,7-12,27-28H,4-6,13-19H2,(H,25,30);4-7,32-33H,1-3,8-13H2,(H4,24,25,29)(H3,26,27,30,35);3-5,9-14H,2,6-8,15-17H2,1H3,(H,23,25);4-7,19-20H,1-3,8-13,17H2;1H3,(H4,9,10,13)(H2,11,14,15);5-7H,1-4H2;3H,2H2,1H3;1H. The summed E-state index contributed by atoms with van der Waals surface area (Å²) in [5.41, 5.74) is 39.3. The van der Waals surface area contributed by atoms with Crippen LogP contribution in [-0.2, 0) is 72.3 Å². The van der Waals surface area contributed by atoms with Crippen LogP contribution in [0.25, 0.3) is 0 Å². The van der Waals surface area contributed by atoms with E-state index >= 15 is 0 Å². The lowest BCUT2D eigenvalue weighted by Crippen LogP contribution is -2.38. The summed E-state index contributed by atoms with van der Waals surface area (Å²) in [5.74, 6) is -0.684. The summed E-state index contributed by atoms with van der Waals surface area (Å²) in [6.07, 6.45) is 11.6. The maximum absolute atomic E-state index is 12.2. The number of carbonyl (C=O) groups is 8.